The van der Waals surface area contributed by atoms with E-state index in [1.165, 1.54) is 6.08 Å². The molecule has 1 aromatic heterocycles. The largest absolute Gasteiger partial charge is 0.508 e. The smallest absolute Gasteiger partial charge is 0.153 e. The molecule has 0 fully saturated rings. The van der Waals surface area contributed by atoms with Gasteiger partial charge in [0.15, 0.2) is 5.76 Å². The van der Waals surface area contributed by atoms with Crippen molar-refractivity contribution in [3.05, 3.63) is 82.7 Å². The number of furan rings is 1. The molecule has 0 atom stereocenters. The summed E-state index contributed by atoms with van der Waals surface area (Å²) >= 11 is 5.95. The summed E-state index contributed by atoms with van der Waals surface area (Å²) in [5.74, 6) is 0.635. The maximum Gasteiger partial charge on any atom is 0.153 e. The number of halogens is 1. The molecule has 3 aromatic rings. The second kappa shape index (κ2) is 6.64. The van der Waals surface area contributed by atoms with Crippen molar-refractivity contribution in [2.75, 3.05) is 0 Å². The fourth-order valence-electron chi connectivity index (χ4n) is 2.21. The van der Waals surface area contributed by atoms with Gasteiger partial charge in [-0.2, -0.15) is 0 Å². The average Bonchev–Trinajstić information content (AvgIpc) is 2.97. The number of benzene rings is 2. The molecule has 4 N–H and O–H groups in total. The van der Waals surface area contributed by atoms with Crippen molar-refractivity contribution < 1.29 is 9.52 Å². The highest BCUT2D eigenvalue weighted by atomic mass is 35.5. The Morgan fingerprint density at radius 2 is 1.88 bits per heavy atom. The molecular formula is C19H15ClN2O2. The molecule has 4 nitrogen and oxygen atoms in total. The van der Waals surface area contributed by atoms with Crippen LogP contribution in [0.15, 0.2) is 70.8 Å². The first kappa shape index (κ1) is 15.9. The molecule has 0 aliphatic carbocycles. The summed E-state index contributed by atoms with van der Waals surface area (Å²) in [5.41, 5.74) is 8.10. The van der Waals surface area contributed by atoms with Crippen molar-refractivity contribution >= 4 is 34.4 Å². The van der Waals surface area contributed by atoms with Crippen LogP contribution in [0.5, 0.6) is 5.75 Å². The molecule has 0 bridgehead atoms. The second-order valence-corrected chi connectivity index (χ2v) is 5.71. The van der Waals surface area contributed by atoms with E-state index in [1.54, 1.807) is 60.7 Å². The maximum atomic E-state index is 9.25. The molecule has 5 heteroatoms. The molecule has 0 saturated heterocycles. The number of phenols is 1. The SMILES string of the molecule is N=C(/C=C(N)/C=C/c1ccc(O)cc1)c1cc2cc(Cl)ccc2o1. The zero-order chi connectivity index (χ0) is 17.1. The summed E-state index contributed by atoms with van der Waals surface area (Å²) in [5, 5.41) is 18.8. The van der Waals surface area contributed by atoms with Crippen LogP contribution in [0.4, 0.5) is 0 Å². The van der Waals surface area contributed by atoms with Gasteiger partial charge in [-0.05, 0) is 54.1 Å². The van der Waals surface area contributed by atoms with E-state index in [0.29, 0.717) is 22.1 Å². The van der Waals surface area contributed by atoms with Crippen LogP contribution < -0.4 is 5.73 Å². The lowest BCUT2D eigenvalue weighted by molar-refractivity contribution is 0.475. The lowest BCUT2D eigenvalue weighted by atomic mass is 10.1. The summed E-state index contributed by atoms with van der Waals surface area (Å²) < 4.78 is 5.63. The van der Waals surface area contributed by atoms with E-state index in [1.807, 2.05) is 0 Å². The third kappa shape index (κ3) is 3.67. The summed E-state index contributed by atoms with van der Waals surface area (Å²) in [4.78, 5) is 0. The minimum atomic E-state index is 0.176. The van der Waals surface area contributed by atoms with E-state index in [9.17, 15) is 5.11 Å². The van der Waals surface area contributed by atoms with Gasteiger partial charge in [-0.1, -0.05) is 29.8 Å². The molecule has 120 valence electrons. The van der Waals surface area contributed by atoms with Gasteiger partial charge in [0.1, 0.15) is 11.3 Å². The zero-order valence-electron chi connectivity index (χ0n) is 12.7. The highest BCUT2D eigenvalue weighted by molar-refractivity contribution is 6.31. The van der Waals surface area contributed by atoms with Crippen LogP contribution >= 0.6 is 11.6 Å². The quantitative estimate of drug-likeness (QED) is 0.475. The van der Waals surface area contributed by atoms with Gasteiger partial charge < -0.3 is 15.3 Å². The Kier molecular flexibility index (Phi) is 4.40. The zero-order valence-corrected chi connectivity index (χ0v) is 13.4. The van der Waals surface area contributed by atoms with Gasteiger partial charge in [0.05, 0.1) is 5.71 Å². The lowest BCUT2D eigenvalue weighted by Gasteiger charge is -1.97. The fraction of sp³-hybridized carbons (Fsp3) is 0. The number of aromatic hydroxyl groups is 1. The van der Waals surface area contributed by atoms with E-state index in [-0.39, 0.29) is 11.5 Å². The normalized spacial score (nSPS) is 12.1. The molecule has 0 aliphatic rings. The van der Waals surface area contributed by atoms with E-state index in [2.05, 4.69) is 0 Å². The molecule has 2 aromatic carbocycles. The number of rotatable bonds is 4. The van der Waals surface area contributed by atoms with Crippen molar-refractivity contribution in [1.29, 1.82) is 5.41 Å². The highest BCUT2D eigenvalue weighted by Crippen LogP contribution is 2.23. The topological polar surface area (TPSA) is 83.2 Å². The van der Waals surface area contributed by atoms with Crippen LogP contribution in [0.1, 0.15) is 11.3 Å². The predicted octanol–water partition coefficient (Wildman–Crippen LogP) is 4.72. The van der Waals surface area contributed by atoms with Crippen LogP contribution in [-0.4, -0.2) is 10.8 Å². The molecule has 1 heterocycles. The summed E-state index contributed by atoms with van der Waals surface area (Å²) in [6.45, 7) is 0. The number of fused-ring (bicyclic) bond motifs is 1. The van der Waals surface area contributed by atoms with Crippen molar-refractivity contribution in [3.63, 3.8) is 0 Å². The summed E-state index contributed by atoms with van der Waals surface area (Å²) in [6.07, 6.45) is 5.02. The van der Waals surface area contributed by atoms with E-state index in [4.69, 9.17) is 27.2 Å². The monoisotopic (exact) mass is 338 g/mol. The molecule has 0 radical (unpaired) electrons. The average molecular weight is 339 g/mol. The number of allylic oxidation sites excluding steroid dienone is 2. The van der Waals surface area contributed by atoms with Crippen LogP contribution in [0.2, 0.25) is 5.02 Å². The Bertz CT molecular complexity index is 953. The van der Waals surface area contributed by atoms with Crippen LogP contribution in [0.25, 0.3) is 17.0 Å². The minimum Gasteiger partial charge on any atom is -0.508 e. The van der Waals surface area contributed by atoms with Gasteiger partial charge in [0.2, 0.25) is 0 Å². The van der Waals surface area contributed by atoms with Crippen LogP contribution in [0, 0.1) is 5.41 Å². The molecule has 3 rings (SSSR count). The molecule has 0 spiro atoms. The van der Waals surface area contributed by atoms with Crippen LogP contribution in [-0.2, 0) is 0 Å². The van der Waals surface area contributed by atoms with Crippen molar-refractivity contribution in [3.8, 4) is 5.75 Å². The predicted molar refractivity (Wildman–Crippen MR) is 97.5 cm³/mol. The Hall–Kier alpha value is -2.98. The Labute approximate surface area is 144 Å². The molecule has 0 amide bonds. The second-order valence-electron chi connectivity index (χ2n) is 5.28. The van der Waals surface area contributed by atoms with E-state index >= 15 is 0 Å². The first-order chi connectivity index (χ1) is 11.5. The van der Waals surface area contributed by atoms with Gasteiger partial charge >= 0.3 is 0 Å². The van der Waals surface area contributed by atoms with Gasteiger partial charge in [0.25, 0.3) is 0 Å². The third-order valence-electron chi connectivity index (χ3n) is 3.42. The van der Waals surface area contributed by atoms with E-state index in [0.717, 1.165) is 10.9 Å². The van der Waals surface area contributed by atoms with Crippen molar-refractivity contribution in [1.82, 2.24) is 0 Å². The molecular weight excluding hydrogens is 324 g/mol. The van der Waals surface area contributed by atoms with Gasteiger partial charge in [-0.3, -0.25) is 5.41 Å². The lowest BCUT2D eigenvalue weighted by Crippen LogP contribution is -1.99. The Morgan fingerprint density at radius 3 is 2.62 bits per heavy atom. The van der Waals surface area contributed by atoms with Gasteiger partial charge in [0, 0.05) is 16.1 Å². The third-order valence-corrected chi connectivity index (χ3v) is 3.65. The van der Waals surface area contributed by atoms with Crippen molar-refractivity contribution in [2.24, 2.45) is 5.73 Å². The van der Waals surface area contributed by atoms with Gasteiger partial charge in [-0.25, -0.2) is 0 Å². The standard InChI is InChI=1S/C19H15ClN2O2/c20-14-4-8-18-13(9-14)10-19(24-18)17(22)11-15(21)5-1-12-2-6-16(23)7-3-12/h1-11,22-23H,21H2/b5-1+,15-11-,22-17?. The molecule has 24 heavy (non-hydrogen) atoms. The van der Waals surface area contributed by atoms with Gasteiger partial charge in [-0.15, -0.1) is 0 Å². The molecule has 0 unspecified atom stereocenters. The molecule has 0 saturated carbocycles. The minimum absolute atomic E-state index is 0.176. The number of nitrogens with two attached hydrogens (primary N) is 1. The number of phenolic OH excluding ortho intramolecular Hbond substituents is 1. The number of hydrogen-bond donors (Lipinski definition) is 3. The van der Waals surface area contributed by atoms with Crippen molar-refractivity contribution in [2.45, 2.75) is 0 Å². The Morgan fingerprint density at radius 1 is 1.12 bits per heavy atom. The fourth-order valence-corrected chi connectivity index (χ4v) is 2.39. The van der Waals surface area contributed by atoms with Crippen LogP contribution in [0.3, 0.4) is 0 Å². The Balaban J connectivity index is 1.78. The first-order valence-electron chi connectivity index (χ1n) is 7.23. The summed E-state index contributed by atoms with van der Waals surface area (Å²) in [7, 11) is 0. The van der Waals surface area contributed by atoms with E-state index < -0.39 is 0 Å². The summed E-state index contributed by atoms with van der Waals surface area (Å²) in [6, 6.07) is 13.8. The first-order valence-corrected chi connectivity index (χ1v) is 7.61. The molecule has 0 aliphatic heterocycles. The number of hydrogen-bond acceptors (Lipinski definition) is 4. The highest BCUT2D eigenvalue weighted by Gasteiger charge is 2.07. The number of nitrogens with one attached hydrogen (secondary N) is 1. The maximum absolute atomic E-state index is 9.25.